The second-order valence-electron chi connectivity index (χ2n) is 18.9. The number of aliphatic hydroxyl groups excluding tert-OH is 2. The summed E-state index contributed by atoms with van der Waals surface area (Å²) in [5.41, 5.74) is 0. The summed E-state index contributed by atoms with van der Waals surface area (Å²) in [6.45, 7) is 4.79. The lowest BCUT2D eigenvalue weighted by molar-refractivity contribution is -0.143. The molecule has 1 amide bonds. The summed E-state index contributed by atoms with van der Waals surface area (Å²) in [5.74, 6) is -0.108. The number of hydrogen-bond acceptors (Lipinski definition) is 5. The van der Waals surface area contributed by atoms with Crippen LogP contribution in [0.3, 0.4) is 0 Å². The lowest BCUT2D eigenvalue weighted by atomic mass is 10.0. The van der Waals surface area contributed by atoms with Gasteiger partial charge in [0.15, 0.2) is 0 Å². The second kappa shape index (κ2) is 52.7. The maximum Gasteiger partial charge on any atom is 0.305 e. The maximum absolute atomic E-state index is 12.4. The zero-order valence-corrected chi connectivity index (χ0v) is 42.1. The van der Waals surface area contributed by atoms with Gasteiger partial charge < -0.3 is 20.3 Å². The number of amides is 1. The number of ether oxygens (including phenoxy) is 1. The van der Waals surface area contributed by atoms with Crippen molar-refractivity contribution in [2.45, 2.75) is 302 Å². The molecule has 2 unspecified atom stereocenters. The summed E-state index contributed by atoms with van der Waals surface area (Å²) in [4.78, 5) is 24.4. The van der Waals surface area contributed by atoms with E-state index in [0.29, 0.717) is 19.4 Å². The Bertz CT molecular complexity index is 1020. The van der Waals surface area contributed by atoms with Crippen LogP contribution in [0, 0.1) is 0 Å². The molecule has 0 bridgehead atoms. The highest BCUT2D eigenvalue weighted by molar-refractivity contribution is 5.76. The van der Waals surface area contributed by atoms with Crippen molar-refractivity contribution in [2.75, 3.05) is 13.2 Å². The molecule has 0 saturated carbocycles. The van der Waals surface area contributed by atoms with Crippen LogP contribution in [-0.4, -0.2) is 47.4 Å². The van der Waals surface area contributed by atoms with E-state index in [1.807, 2.05) is 6.08 Å². The smallest absolute Gasteiger partial charge is 0.305 e. The Morgan fingerprint density at radius 1 is 0.444 bits per heavy atom. The molecule has 0 aromatic rings. The van der Waals surface area contributed by atoms with E-state index < -0.39 is 12.1 Å². The van der Waals surface area contributed by atoms with Gasteiger partial charge in [0, 0.05) is 12.8 Å². The molecule has 0 rings (SSSR count). The molecule has 0 radical (unpaired) electrons. The van der Waals surface area contributed by atoms with E-state index in [9.17, 15) is 19.8 Å². The number of carbonyl (C=O) groups excluding carboxylic acids is 2. The number of carbonyl (C=O) groups is 2. The topological polar surface area (TPSA) is 95.9 Å². The van der Waals surface area contributed by atoms with E-state index in [4.69, 9.17) is 4.74 Å². The first-order valence-corrected chi connectivity index (χ1v) is 27.8. The third-order valence-electron chi connectivity index (χ3n) is 12.7. The van der Waals surface area contributed by atoms with E-state index in [1.54, 1.807) is 6.08 Å². The lowest BCUT2D eigenvalue weighted by Crippen LogP contribution is -2.45. The van der Waals surface area contributed by atoms with Crippen LogP contribution in [0.1, 0.15) is 290 Å². The summed E-state index contributed by atoms with van der Waals surface area (Å²) in [6.07, 6.45) is 64.6. The summed E-state index contributed by atoms with van der Waals surface area (Å²) < 4.78 is 5.41. The van der Waals surface area contributed by atoms with Crippen LogP contribution in [0.2, 0.25) is 0 Å². The van der Waals surface area contributed by atoms with Gasteiger partial charge in [-0.15, -0.1) is 0 Å². The molecular formula is C57H107NO5. The largest absolute Gasteiger partial charge is 0.465 e. The van der Waals surface area contributed by atoms with E-state index in [0.717, 1.165) is 51.4 Å². The number of nitrogens with one attached hydrogen (secondary N) is 1. The van der Waals surface area contributed by atoms with Crippen LogP contribution in [-0.2, 0) is 14.3 Å². The lowest BCUT2D eigenvalue weighted by Gasteiger charge is -2.20. The minimum Gasteiger partial charge on any atom is -0.465 e. The van der Waals surface area contributed by atoms with E-state index in [1.165, 1.54) is 212 Å². The van der Waals surface area contributed by atoms with Crippen LogP contribution in [0.5, 0.6) is 0 Å². The summed E-state index contributed by atoms with van der Waals surface area (Å²) in [7, 11) is 0. The second-order valence-corrected chi connectivity index (χ2v) is 18.9. The standard InChI is InChI=1S/C57H107NO5/c1-3-5-7-9-11-13-15-26-31-35-39-43-47-51-57(62)63-52-48-44-40-36-32-28-25-23-21-19-17-18-20-22-24-27-30-34-38-42-46-50-56(61)58-54(53-59)55(60)49-45-41-37-33-29-16-14-12-10-8-6-4-2/h28,32,40,44-45,49,54-55,59-60H,3-27,29-31,33-39,41-43,46-48,50-53H2,1-2H3,(H,58,61)/b32-28-,44-40-,49-45+. The molecule has 0 fully saturated rings. The first-order chi connectivity index (χ1) is 31.0. The van der Waals surface area contributed by atoms with Crippen molar-refractivity contribution < 1.29 is 24.5 Å². The Labute approximate surface area is 392 Å². The maximum atomic E-state index is 12.4. The molecule has 0 heterocycles. The Hall–Kier alpha value is -1.92. The molecule has 0 aromatic carbocycles. The first kappa shape index (κ1) is 61.1. The average molecular weight is 886 g/mol. The van der Waals surface area contributed by atoms with Crippen LogP contribution >= 0.6 is 0 Å². The summed E-state index contributed by atoms with van der Waals surface area (Å²) >= 11 is 0. The van der Waals surface area contributed by atoms with Gasteiger partial charge in [0.25, 0.3) is 0 Å². The van der Waals surface area contributed by atoms with Gasteiger partial charge in [0.1, 0.15) is 0 Å². The molecule has 3 N–H and O–H groups in total. The van der Waals surface area contributed by atoms with E-state index in [2.05, 4.69) is 43.5 Å². The van der Waals surface area contributed by atoms with Gasteiger partial charge in [-0.05, 0) is 51.4 Å². The molecule has 6 heteroatoms. The number of allylic oxidation sites excluding steroid dienone is 4. The molecule has 2 atom stereocenters. The van der Waals surface area contributed by atoms with Gasteiger partial charge in [-0.1, -0.05) is 262 Å². The van der Waals surface area contributed by atoms with Crippen molar-refractivity contribution in [3.63, 3.8) is 0 Å². The molecular weight excluding hydrogens is 779 g/mol. The Morgan fingerprint density at radius 3 is 1.21 bits per heavy atom. The van der Waals surface area contributed by atoms with E-state index in [-0.39, 0.29) is 18.5 Å². The molecule has 0 aliphatic carbocycles. The van der Waals surface area contributed by atoms with Crippen molar-refractivity contribution in [3.05, 3.63) is 36.5 Å². The quantitative estimate of drug-likeness (QED) is 0.0321. The predicted molar refractivity (Wildman–Crippen MR) is 273 cm³/mol. The number of rotatable bonds is 51. The summed E-state index contributed by atoms with van der Waals surface area (Å²) in [6, 6.07) is -0.630. The van der Waals surface area contributed by atoms with Crippen LogP contribution in [0.4, 0.5) is 0 Å². The van der Waals surface area contributed by atoms with Crippen molar-refractivity contribution >= 4 is 11.9 Å². The van der Waals surface area contributed by atoms with Crippen molar-refractivity contribution in [3.8, 4) is 0 Å². The van der Waals surface area contributed by atoms with Crippen molar-refractivity contribution in [1.82, 2.24) is 5.32 Å². The molecule has 0 saturated heterocycles. The Morgan fingerprint density at radius 2 is 0.794 bits per heavy atom. The molecule has 63 heavy (non-hydrogen) atoms. The van der Waals surface area contributed by atoms with Gasteiger partial charge >= 0.3 is 5.97 Å². The van der Waals surface area contributed by atoms with Crippen LogP contribution in [0.15, 0.2) is 36.5 Å². The summed E-state index contributed by atoms with van der Waals surface area (Å²) in [5, 5.41) is 23.0. The number of aliphatic hydroxyl groups is 2. The Kier molecular flexibility index (Phi) is 51.1. The van der Waals surface area contributed by atoms with Gasteiger partial charge in [-0.3, -0.25) is 9.59 Å². The van der Waals surface area contributed by atoms with Crippen molar-refractivity contribution in [1.29, 1.82) is 0 Å². The van der Waals surface area contributed by atoms with Gasteiger partial charge in [0.2, 0.25) is 5.91 Å². The van der Waals surface area contributed by atoms with Crippen molar-refractivity contribution in [2.24, 2.45) is 0 Å². The average Bonchev–Trinajstić information content (AvgIpc) is 3.28. The van der Waals surface area contributed by atoms with E-state index >= 15 is 0 Å². The molecule has 0 aliphatic rings. The normalized spacial score (nSPS) is 12.9. The molecule has 0 spiro atoms. The fourth-order valence-corrected chi connectivity index (χ4v) is 8.41. The SMILES string of the molecule is CCCCCCCCCCCC/C=C/C(O)C(CO)NC(=O)CCCCCCCCCCCCCCCC/C=C\C/C=C\CCOC(=O)CCCCCCCCCCCCCCC. The minimum absolute atomic E-state index is 0.0347. The number of hydrogen-bond donors (Lipinski definition) is 3. The predicted octanol–water partition coefficient (Wildman–Crippen LogP) is 16.9. The third-order valence-corrected chi connectivity index (χ3v) is 12.7. The van der Waals surface area contributed by atoms with Crippen LogP contribution in [0.25, 0.3) is 0 Å². The van der Waals surface area contributed by atoms with Crippen LogP contribution < -0.4 is 5.32 Å². The monoisotopic (exact) mass is 886 g/mol. The highest BCUT2D eigenvalue weighted by atomic mass is 16.5. The molecule has 6 nitrogen and oxygen atoms in total. The zero-order chi connectivity index (χ0) is 45.8. The van der Waals surface area contributed by atoms with Gasteiger partial charge in [0.05, 0.1) is 25.4 Å². The van der Waals surface area contributed by atoms with Gasteiger partial charge in [-0.25, -0.2) is 0 Å². The molecule has 0 aromatic heterocycles. The fourth-order valence-electron chi connectivity index (χ4n) is 8.41. The van der Waals surface area contributed by atoms with Gasteiger partial charge in [-0.2, -0.15) is 0 Å². The molecule has 0 aliphatic heterocycles. The highest BCUT2D eigenvalue weighted by Gasteiger charge is 2.18. The molecule has 370 valence electrons. The number of esters is 1. The highest BCUT2D eigenvalue weighted by Crippen LogP contribution is 2.16. The first-order valence-electron chi connectivity index (χ1n) is 27.8. The fraction of sp³-hybridized carbons (Fsp3) is 0.860. The Balaban J connectivity index is 3.47. The zero-order valence-electron chi connectivity index (χ0n) is 42.1. The third kappa shape index (κ3) is 49.4. The minimum atomic E-state index is -0.846. The number of unbranched alkanes of at least 4 members (excludes halogenated alkanes) is 36.